The van der Waals surface area contributed by atoms with Crippen molar-refractivity contribution in [3.8, 4) is 5.75 Å². The van der Waals surface area contributed by atoms with E-state index in [4.69, 9.17) is 4.74 Å². The molecule has 0 aromatic heterocycles. The normalized spacial score (nSPS) is 17.4. The van der Waals surface area contributed by atoms with E-state index in [2.05, 4.69) is 4.74 Å². The van der Waals surface area contributed by atoms with Gasteiger partial charge in [0, 0.05) is 12.1 Å². The molecule has 1 aliphatic heterocycles. The van der Waals surface area contributed by atoms with Gasteiger partial charge in [-0.05, 0) is 53.9 Å². The number of hydrogen-bond acceptors (Lipinski definition) is 4. The Morgan fingerprint density at radius 1 is 0.917 bits per heavy atom. The summed E-state index contributed by atoms with van der Waals surface area (Å²) in [5.41, 5.74) is 2.23. The average Bonchev–Trinajstić information content (AvgIpc) is 2.86. The number of β-lactam (4-membered cyclic amide) rings is 1. The highest BCUT2D eigenvalue weighted by molar-refractivity contribution is 6.03. The Morgan fingerprint density at radius 2 is 1.58 bits per heavy atom. The summed E-state index contributed by atoms with van der Waals surface area (Å²) in [6.07, 6.45) is -4.93. The maximum absolute atomic E-state index is 13.4. The number of amides is 1. The van der Waals surface area contributed by atoms with Gasteiger partial charge in [0.2, 0.25) is 5.91 Å². The van der Waals surface area contributed by atoms with Crippen LogP contribution < -0.4 is 9.64 Å². The Bertz CT molecular complexity index is 1180. The zero-order chi connectivity index (χ0) is 25.7. The lowest BCUT2D eigenvalue weighted by Gasteiger charge is -2.47. The molecule has 0 bridgehead atoms. The Balaban J connectivity index is 1.47. The van der Waals surface area contributed by atoms with E-state index in [0.717, 1.165) is 11.1 Å². The molecule has 5 nitrogen and oxygen atoms in total. The molecular weight excluding hydrogens is 478 g/mol. The minimum absolute atomic E-state index is 0.0180. The molecule has 1 unspecified atom stereocenters. The number of benzene rings is 3. The summed E-state index contributed by atoms with van der Waals surface area (Å²) in [7, 11) is 0. The Labute approximate surface area is 205 Å². The molecule has 0 saturated carbocycles. The smallest absolute Gasteiger partial charge is 0.422 e. The molecule has 9 heteroatoms. The molecule has 0 N–H and O–H groups in total. The van der Waals surface area contributed by atoms with E-state index in [-0.39, 0.29) is 18.7 Å². The molecule has 188 valence electrons. The van der Waals surface area contributed by atoms with Crippen molar-refractivity contribution in [2.24, 2.45) is 5.92 Å². The van der Waals surface area contributed by atoms with Crippen LogP contribution in [0.1, 0.15) is 30.0 Å². The SMILES string of the molecule is O=C(CC[C@H]1C(=O)N(c2ccc(F)cc2)C1c1ccc(OCc2ccccc2)cc1)OCC(F)(F)F. The molecule has 1 amide bonds. The van der Waals surface area contributed by atoms with E-state index in [1.165, 1.54) is 29.2 Å². The van der Waals surface area contributed by atoms with E-state index in [0.29, 0.717) is 18.0 Å². The average molecular weight is 501 g/mol. The van der Waals surface area contributed by atoms with Crippen LogP contribution in [0.4, 0.5) is 23.2 Å². The van der Waals surface area contributed by atoms with Crippen molar-refractivity contribution < 1.29 is 36.6 Å². The Morgan fingerprint density at radius 3 is 2.22 bits per heavy atom. The van der Waals surface area contributed by atoms with Gasteiger partial charge in [0.1, 0.15) is 18.2 Å². The second kappa shape index (κ2) is 10.8. The monoisotopic (exact) mass is 501 g/mol. The van der Waals surface area contributed by atoms with Crippen molar-refractivity contribution in [3.05, 3.63) is 95.8 Å². The number of esters is 1. The van der Waals surface area contributed by atoms with Gasteiger partial charge in [-0.1, -0.05) is 42.5 Å². The number of ether oxygens (including phenoxy) is 2. The third-order valence-corrected chi connectivity index (χ3v) is 5.84. The van der Waals surface area contributed by atoms with Gasteiger partial charge in [-0.15, -0.1) is 0 Å². The summed E-state index contributed by atoms with van der Waals surface area (Å²) in [6, 6.07) is 21.7. The van der Waals surface area contributed by atoms with Crippen molar-refractivity contribution in [1.29, 1.82) is 0 Å². The summed E-state index contributed by atoms with van der Waals surface area (Å²) in [5, 5.41) is 0. The van der Waals surface area contributed by atoms with Gasteiger partial charge in [0.05, 0.1) is 12.0 Å². The van der Waals surface area contributed by atoms with Crippen LogP contribution in [0, 0.1) is 11.7 Å². The third-order valence-electron chi connectivity index (χ3n) is 5.84. The quantitative estimate of drug-likeness (QED) is 0.205. The van der Waals surface area contributed by atoms with Gasteiger partial charge in [-0.25, -0.2) is 4.39 Å². The Hall–Kier alpha value is -3.88. The maximum Gasteiger partial charge on any atom is 0.422 e. The lowest BCUT2D eigenvalue weighted by atomic mass is 9.79. The molecule has 0 aliphatic carbocycles. The molecule has 1 saturated heterocycles. The number of anilines is 1. The minimum Gasteiger partial charge on any atom is -0.489 e. The molecule has 1 fully saturated rings. The standard InChI is InChI=1S/C27H23F4NO4/c28-20-8-10-21(11-9-20)32-25(23(26(32)34)14-15-24(33)36-17-27(29,30)31)19-6-12-22(13-7-19)35-16-18-4-2-1-3-5-18/h1-13,23,25H,14-17H2/t23-,25?/m1/s1. The van der Waals surface area contributed by atoms with E-state index in [9.17, 15) is 27.2 Å². The van der Waals surface area contributed by atoms with E-state index in [1.54, 1.807) is 24.3 Å². The minimum atomic E-state index is -4.62. The lowest BCUT2D eigenvalue weighted by Crippen LogP contribution is -2.55. The largest absolute Gasteiger partial charge is 0.489 e. The molecule has 0 spiro atoms. The molecule has 4 rings (SSSR count). The lowest BCUT2D eigenvalue weighted by molar-refractivity contribution is -0.186. The molecular formula is C27H23F4NO4. The first kappa shape index (κ1) is 25.2. The first-order chi connectivity index (χ1) is 17.2. The van der Waals surface area contributed by atoms with Crippen molar-refractivity contribution in [2.45, 2.75) is 31.7 Å². The topological polar surface area (TPSA) is 55.8 Å². The van der Waals surface area contributed by atoms with Gasteiger partial charge in [0.15, 0.2) is 6.61 Å². The number of carbonyl (C=O) groups is 2. The zero-order valence-electron chi connectivity index (χ0n) is 19.1. The molecule has 3 aromatic carbocycles. The molecule has 36 heavy (non-hydrogen) atoms. The fourth-order valence-corrected chi connectivity index (χ4v) is 4.11. The van der Waals surface area contributed by atoms with Crippen LogP contribution in [-0.2, 0) is 20.9 Å². The molecule has 0 radical (unpaired) electrons. The fourth-order valence-electron chi connectivity index (χ4n) is 4.11. The predicted octanol–water partition coefficient (Wildman–Crippen LogP) is 5.99. The maximum atomic E-state index is 13.4. The summed E-state index contributed by atoms with van der Waals surface area (Å²) in [5.74, 6) is -1.81. The van der Waals surface area contributed by atoms with Gasteiger partial charge in [-0.2, -0.15) is 13.2 Å². The second-order valence-electron chi connectivity index (χ2n) is 8.39. The third kappa shape index (κ3) is 6.21. The highest BCUT2D eigenvalue weighted by atomic mass is 19.4. The number of rotatable bonds is 9. The predicted molar refractivity (Wildman–Crippen MR) is 124 cm³/mol. The van der Waals surface area contributed by atoms with Crippen molar-refractivity contribution in [3.63, 3.8) is 0 Å². The van der Waals surface area contributed by atoms with Gasteiger partial charge >= 0.3 is 12.1 Å². The van der Waals surface area contributed by atoms with Gasteiger partial charge in [0.25, 0.3) is 0 Å². The van der Waals surface area contributed by atoms with E-state index >= 15 is 0 Å². The van der Waals surface area contributed by atoms with Gasteiger partial charge in [-0.3, -0.25) is 9.59 Å². The highest BCUT2D eigenvalue weighted by Gasteiger charge is 2.48. The van der Waals surface area contributed by atoms with Crippen molar-refractivity contribution >= 4 is 17.6 Å². The van der Waals surface area contributed by atoms with Crippen LogP contribution in [0.5, 0.6) is 5.75 Å². The first-order valence-electron chi connectivity index (χ1n) is 11.3. The van der Waals surface area contributed by atoms with Crippen LogP contribution >= 0.6 is 0 Å². The highest BCUT2D eigenvalue weighted by Crippen LogP contribution is 2.46. The van der Waals surface area contributed by atoms with Crippen LogP contribution in [0.2, 0.25) is 0 Å². The van der Waals surface area contributed by atoms with E-state index < -0.39 is 36.5 Å². The number of hydrogen-bond donors (Lipinski definition) is 0. The van der Waals surface area contributed by atoms with Gasteiger partial charge < -0.3 is 14.4 Å². The molecule has 2 atom stereocenters. The summed E-state index contributed by atoms with van der Waals surface area (Å²) < 4.78 is 60.4. The van der Waals surface area contributed by atoms with Crippen LogP contribution in [-0.4, -0.2) is 24.7 Å². The Kier molecular flexibility index (Phi) is 7.57. The van der Waals surface area contributed by atoms with Crippen molar-refractivity contribution in [1.82, 2.24) is 0 Å². The summed E-state index contributed by atoms with van der Waals surface area (Å²) in [4.78, 5) is 26.3. The summed E-state index contributed by atoms with van der Waals surface area (Å²) in [6.45, 7) is -1.29. The summed E-state index contributed by atoms with van der Waals surface area (Å²) >= 11 is 0. The number of halogens is 4. The molecule has 3 aromatic rings. The van der Waals surface area contributed by atoms with Crippen LogP contribution in [0.15, 0.2) is 78.9 Å². The fraction of sp³-hybridized carbons (Fsp3) is 0.259. The molecule has 1 aliphatic rings. The van der Waals surface area contributed by atoms with Crippen LogP contribution in [0.3, 0.4) is 0 Å². The molecule has 1 heterocycles. The van der Waals surface area contributed by atoms with Crippen molar-refractivity contribution in [2.75, 3.05) is 11.5 Å². The first-order valence-corrected chi connectivity index (χ1v) is 11.3. The van der Waals surface area contributed by atoms with Crippen LogP contribution in [0.25, 0.3) is 0 Å². The zero-order valence-corrected chi connectivity index (χ0v) is 19.1. The number of carbonyl (C=O) groups excluding carboxylic acids is 2. The number of nitrogens with zero attached hydrogens (tertiary/aromatic N) is 1. The van der Waals surface area contributed by atoms with E-state index in [1.807, 2.05) is 30.3 Å². The second-order valence-corrected chi connectivity index (χ2v) is 8.39. The number of alkyl halides is 3.